The number of benzene rings is 1. The lowest BCUT2D eigenvalue weighted by atomic mass is 9.84. The molecular formula is C27H46O3. The van der Waals surface area contributed by atoms with E-state index in [1.54, 1.807) is 6.07 Å². The number of phenolic OH excluding ortho intramolecular Hbond substituents is 3. The maximum Gasteiger partial charge on any atom is 0.200 e. The summed E-state index contributed by atoms with van der Waals surface area (Å²) in [7, 11) is 0. The lowest BCUT2D eigenvalue weighted by Gasteiger charge is -2.22. The van der Waals surface area contributed by atoms with E-state index >= 15 is 0 Å². The van der Waals surface area contributed by atoms with Crippen molar-refractivity contribution in [2.45, 2.75) is 124 Å². The Morgan fingerprint density at radius 1 is 0.833 bits per heavy atom. The highest BCUT2D eigenvalue weighted by molar-refractivity contribution is 5.57. The van der Waals surface area contributed by atoms with Crippen LogP contribution in [0.5, 0.6) is 17.2 Å². The number of rotatable bonds is 15. The Morgan fingerprint density at radius 2 is 1.43 bits per heavy atom. The smallest absolute Gasteiger partial charge is 0.200 e. The molecule has 0 radical (unpaired) electrons. The van der Waals surface area contributed by atoms with Gasteiger partial charge in [-0.25, -0.2) is 0 Å². The van der Waals surface area contributed by atoms with Gasteiger partial charge in [-0.3, -0.25) is 0 Å². The Kier molecular flexibility index (Phi) is 9.37. The van der Waals surface area contributed by atoms with Crippen LogP contribution in [-0.2, 0) is 12.8 Å². The minimum Gasteiger partial charge on any atom is -0.504 e. The molecule has 3 N–H and O–H groups in total. The zero-order chi connectivity index (χ0) is 22.2. The van der Waals surface area contributed by atoms with Crippen LogP contribution in [0.2, 0.25) is 0 Å². The molecule has 0 saturated heterocycles. The summed E-state index contributed by atoms with van der Waals surface area (Å²) >= 11 is 0. The molecule has 0 aromatic heterocycles. The molecule has 1 fully saturated rings. The summed E-state index contributed by atoms with van der Waals surface area (Å²) in [5.41, 5.74) is 2.92. The highest BCUT2D eigenvalue weighted by Gasteiger charge is 2.35. The second-order valence-corrected chi connectivity index (χ2v) is 10.9. The van der Waals surface area contributed by atoms with E-state index in [1.807, 2.05) is 0 Å². The third-order valence-corrected chi connectivity index (χ3v) is 7.52. The van der Waals surface area contributed by atoms with Crippen LogP contribution < -0.4 is 0 Å². The van der Waals surface area contributed by atoms with Crippen molar-refractivity contribution in [3.8, 4) is 17.2 Å². The van der Waals surface area contributed by atoms with Crippen molar-refractivity contribution in [2.75, 3.05) is 0 Å². The summed E-state index contributed by atoms with van der Waals surface area (Å²) in [5, 5.41) is 30.4. The van der Waals surface area contributed by atoms with E-state index in [4.69, 9.17) is 0 Å². The topological polar surface area (TPSA) is 60.7 Å². The largest absolute Gasteiger partial charge is 0.504 e. The van der Waals surface area contributed by atoms with Crippen molar-refractivity contribution in [2.24, 2.45) is 10.8 Å². The Morgan fingerprint density at radius 3 is 2.07 bits per heavy atom. The van der Waals surface area contributed by atoms with E-state index in [0.29, 0.717) is 10.8 Å². The lowest BCUT2D eigenvalue weighted by molar-refractivity contribution is 0.307. The van der Waals surface area contributed by atoms with E-state index in [-0.39, 0.29) is 17.2 Å². The highest BCUT2D eigenvalue weighted by Crippen LogP contribution is 2.49. The standard InChI is InChI=1S/C27H46O3/c1-5-26(2,3)16-12-8-7-11-15-22-21(20-23(28)25(30)24(22)29)14-10-6-9-13-17-27(4)18-19-27/h20,28-30H,5-19H2,1-4H3. The average molecular weight is 419 g/mol. The Labute approximate surface area is 184 Å². The molecule has 0 bridgehead atoms. The molecule has 1 aromatic rings. The van der Waals surface area contributed by atoms with Gasteiger partial charge in [0.2, 0.25) is 5.75 Å². The zero-order valence-electron chi connectivity index (χ0n) is 20.0. The van der Waals surface area contributed by atoms with E-state index < -0.39 is 0 Å². The van der Waals surface area contributed by atoms with Crippen LogP contribution in [0.1, 0.15) is 122 Å². The van der Waals surface area contributed by atoms with Crippen molar-refractivity contribution >= 4 is 0 Å². The van der Waals surface area contributed by atoms with Gasteiger partial charge >= 0.3 is 0 Å². The van der Waals surface area contributed by atoms with Gasteiger partial charge in [0.05, 0.1) is 0 Å². The van der Waals surface area contributed by atoms with E-state index in [0.717, 1.165) is 43.2 Å². The van der Waals surface area contributed by atoms with Crippen LogP contribution in [-0.4, -0.2) is 15.3 Å². The summed E-state index contributed by atoms with van der Waals surface area (Å²) in [6.45, 7) is 9.33. The summed E-state index contributed by atoms with van der Waals surface area (Å²) in [6.07, 6.45) is 17.7. The number of unbranched alkanes of at least 4 members (excludes halogenated alkanes) is 6. The predicted octanol–water partition coefficient (Wildman–Crippen LogP) is 8.03. The molecule has 3 heteroatoms. The predicted molar refractivity (Wildman–Crippen MR) is 126 cm³/mol. The summed E-state index contributed by atoms with van der Waals surface area (Å²) in [6, 6.07) is 1.67. The molecule has 172 valence electrons. The van der Waals surface area contributed by atoms with E-state index in [1.165, 1.54) is 64.2 Å². The van der Waals surface area contributed by atoms with Gasteiger partial charge in [-0.1, -0.05) is 72.6 Å². The average Bonchev–Trinajstić information content (AvgIpc) is 3.44. The summed E-state index contributed by atoms with van der Waals surface area (Å²) < 4.78 is 0. The fraction of sp³-hybridized carbons (Fsp3) is 0.778. The maximum absolute atomic E-state index is 10.4. The first-order valence-electron chi connectivity index (χ1n) is 12.4. The first-order valence-corrected chi connectivity index (χ1v) is 12.4. The number of hydrogen-bond acceptors (Lipinski definition) is 3. The van der Waals surface area contributed by atoms with Gasteiger partial charge in [-0.2, -0.15) is 0 Å². The quantitative estimate of drug-likeness (QED) is 0.199. The van der Waals surface area contributed by atoms with Gasteiger partial charge in [-0.15, -0.1) is 0 Å². The molecule has 0 atom stereocenters. The van der Waals surface area contributed by atoms with Crippen molar-refractivity contribution in [3.05, 3.63) is 17.2 Å². The van der Waals surface area contributed by atoms with Gasteiger partial charge in [0.1, 0.15) is 0 Å². The van der Waals surface area contributed by atoms with Crippen LogP contribution in [0, 0.1) is 10.8 Å². The minimum atomic E-state index is -0.365. The van der Waals surface area contributed by atoms with Crippen LogP contribution in [0.15, 0.2) is 6.07 Å². The molecule has 1 aliphatic rings. The summed E-state index contributed by atoms with van der Waals surface area (Å²) in [5.74, 6) is -0.676. The molecule has 0 heterocycles. The minimum absolute atomic E-state index is 0.112. The van der Waals surface area contributed by atoms with Crippen molar-refractivity contribution in [1.82, 2.24) is 0 Å². The first-order chi connectivity index (χ1) is 14.2. The molecule has 1 saturated carbocycles. The van der Waals surface area contributed by atoms with Crippen LogP contribution in [0.3, 0.4) is 0 Å². The molecule has 0 amide bonds. The van der Waals surface area contributed by atoms with Crippen LogP contribution in [0.4, 0.5) is 0 Å². The third-order valence-electron chi connectivity index (χ3n) is 7.52. The molecule has 1 aromatic carbocycles. The van der Waals surface area contributed by atoms with Gasteiger partial charge in [-0.05, 0) is 73.8 Å². The molecule has 3 nitrogen and oxygen atoms in total. The van der Waals surface area contributed by atoms with Gasteiger partial charge in [0, 0.05) is 5.56 Å². The van der Waals surface area contributed by atoms with Crippen molar-refractivity contribution in [1.29, 1.82) is 0 Å². The fourth-order valence-corrected chi connectivity index (χ4v) is 4.36. The molecule has 30 heavy (non-hydrogen) atoms. The number of aryl methyl sites for hydroxylation is 1. The van der Waals surface area contributed by atoms with Gasteiger partial charge in [0.25, 0.3) is 0 Å². The first kappa shape index (κ1) is 24.9. The number of aromatic hydroxyl groups is 3. The van der Waals surface area contributed by atoms with Crippen LogP contribution in [0.25, 0.3) is 0 Å². The molecule has 0 unspecified atom stereocenters. The Bertz CT molecular complexity index is 659. The Balaban J connectivity index is 1.77. The van der Waals surface area contributed by atoms with E-state index in [2.05, 4.69) is 27.7 Å². The lowest BCUT2D eigenvalue weighted by Crippen LogP contribution is -2.08. The maximum atomic E-state index is 10.4. The number of phenols is 3. The molecule has 0 spiro atoms. The molecule has 0 aliphatic heterocycles. The van der Waals surface area contributed by atoms with Gasteiger partial charge in [0.15, 0.2) is 11.5 Å². The SMILES string of the molecule is CCC(C)(C)CCCCCCc1c(CCCCCCC2(C)CC2)cc(O)c(O)c1O. The molecule has 1 aliphatic carbocycles. The van der Waals surface area contributed by atoms with Crippen molar-refractivity contribution in [3.63, 3.8) is 0 Å². The zero-order valence-corrected chi connectivity index (χ0v) is 20.0. The monoisotopic (exact) mass is 418 g/mol. The van der Waals surface area contributed by atoms with Crippen molar-refractivity contribution < 1.29 is 15.3 Å². The Hall–Kier alpha value is -1.38. The van der Waals surface area contributed by atoms with Crippen LogP contribution >= 0.6 is 0 Å². The van der Waals surface area contributed by atoms with E-state index in [9.17, 15) is 15.3 Å². The molecular weight excluding hydrogens is 372 g/mol. The second kappa shape index (κ2) is 11.3. The third kappa shape index (κ3) is 8.04. The van der Waals surface area contributed by atoms with Gasteiger partial charge < -0.3 is 15.3 Å². The molecule has 2 rings (SSSR count). The summed E-state index contributed by atoms with van der Waals surface area (Å²) in [4.78, 5) is 0. The second-order valence-electron chi connectivity index (χ2n) is 10.9. The fourth-order valence-electron chi connectivity index (χ4n) is 4.36. The normalized spacial score (nSPS) is 15.5. The number of hydrogen-bond donors (Lipinski definition) is 3. The highest BCUT2D eigenvalue weighted by atomic mass is 16.3.